The molecule has 0 fully saturated rings. The van der Waals surface area contributed by atoms with Gasteiger partial charge in [0.05, 0.1) is 5.39 Å². The maximum atomic E-state index is 4.75. The molecule has 0 atom stereocenters. The van der Waals surface area contributed by atoms with E-state index in [0.717, 1.165) is 40.4 Å². The summed E-state index contributed by atoms with van der Waals surface area (Å²) in [4.78, 5) is 11.9. The van der Waals surface area contributed by atoms with Gasteiger partial charge in [0.1, 0.15) is 10.6 Å². The van der Waals surface area contributed by atoms with E-state index in [-0.39, 0.29) is 0 Å². The lowest BCUT2D eigenvalue weighted by atomic mass is 10.1. The second-order valence-electron chi connectivity index (χ2n) is 5.08. The van der Waals surface area contributed by atoms with Gasteiger partial charge >= 0.3 is 0 Å². The predicted octanol–water partition coefficient (Wildman–Crippen LogP) is 4.66. The van der Waals surface area contributed by atoms with Crippen LogP contribution < -0.4 is 5.32 Å². The smallest absolute Gasteiger partial charge is 0.163 e. The summed E-state index contributed by atoms with van der Waals surface area (Å²) in [7, 11) is 0. The molecular formula is C17H19N3S. The molecule has 108 valence electrons. The molecule has 0 amide bonds. The SMILES string of the molecule is CCNc1nc(-c2ccc(C)cc2)nc2sc(CC)cc12. The van der Waals surface area contributed by atoms with Crippen LogP contribution in [0.3, 0.4) is 0 Å². The Balaban J connectivity index is 2.16. The minimum absolute atomic E-state index is 0.794. The van der Waals surface area contributed by atoms with Crippen molar-refractivity contribution in [3.05, 3.63) is 40.8 Å². The van der Waals surface area contributed by atoms with Gasteiger partial charge in [-0.1, -0.05) is 36.8 Å². The maximum Gasteiger partial charge on any atom is 0.163 e. The summed E-state index contributed by atoms with van der Waals surface area (Å²) in [6, 6.07) is 10.6. The van der Waals surface area contributed by atoms with Crippen molar-refractivity contribution in [3.8, 4) is 11.4 Å². The minimum atomic E-state index is 0.794. The van der Waals surface area contributed by atoms with Crippen LogP contribution in [0.25, 0.3) is 21.6 Å². The molecule has 0 unspecified atom stereocenters. The van der Waals surface area contributed by atoms with Crippen molar-refractivity contribution in [2.75, 3.05) is 11.9 Å². The van der Waals surface area contributed by atoms with E-state index in [1.54, 1.807) is 11.3 Å². The van der Waals surface area contributed by atoms with Gasteiger partial charge in [-0.05, 0) is 26.3 Å². The van der Waals surface area contributed by atoms with Crippen molar-refractivity contribution in [2.24, 2.45) is 0 Å². The van der Waals surface area contributed by atoms with Crippen LogP contribution in [0.4, 0.5) is 5.82 Å². The Bertz CT molecular complexity index is 760. The third kappa shape index (κ3) is 2.76. The van der Waals surface area contributed by atoms with Gasteiger partial charge in [-0.25, -0.2) is 9.97 Å². The monoisotopic (exact) mass is 297 g/mol. The van der Waals surface area contributed by atoms with Crippen molar-refractivity contribution in [1.29, 1.82) is 0 Å². The number of aryl methyl sites for hydroxylation is 2. The first-order valence-electron chi connectivity index (χ1n) is 7.32. The van der Waals surface area contributed by atoms with Crippen LogP contribution in [-0.2, 0) is 6.42 Å². The lowest BCUT2D eigenvalue weighted by Gasteiger charge is -2.07. The van der Waals surface area contributed by atoms with Gasteiger partial charge in [-0.2, -0.15) is 0 Å². The molecule has 21 heavy (non-hydrogen) atoms. The first kappa shape index (κ1) is 14.0. The molecule has 2 aromatic heterocycles. The summed E-state index contributed by atoms with van der Waals surface area (Å²) in [5.74, 6) is 1.73. The highest BCUT2D eigenvalue weighted by molar-refractivity contribution is 7.18. The largest absolute Gasteiger partial charge is 0.370 e. The Morgan fingerprint density at radius 1 is 1.10 bits per heavy atom. The molecule has 2 heterocycles. The number of rotatable bonds is 4. The number of hydrogen-bond donors (Lipinski definition) is 1. The fourth-order valence-electron chi connectivity index (χ4n) is 2.28. The number of hydrogen-bond acceptors (Lipinski definition) is 4. The van der Waals surface area contributed by atoms with Crippen LogP contribution in [0.5, 0.6) is 0 Å². The number of benzene rings is 1. The Hall–Kier alpha value is -1.94. The third-order valence-corrected chi connectivity index (χ3v) is 4.62. The Morgan fingerprint density at radius 2 is 1.86 bits per heavy atom. The van der Waals surface area contributed by atoms with E-state index in [9.17, 15) is 0 Å². The normalized spacial score (nSPS) is 11.0. The Morgan fingerprint density at radius 3 is 2.52 bits per heavy atom. The van der Waals surface area contributed by atoms with E-state index in [1.165, 1.54) is 10.4 Å². The van der Waals surface area contributed by atoms with Crippen LogP contribution >= 0.6 is 11.3 Å². The number of nitrogens with zero attached hydrogens (tertiary/aromatic N) is 2. The quantitative estimate of drug-likeness (QED) is 0.761. The Kier molecular flexibility index (Phi) is 3.88. The number of thiophene rings is 1. The lowest BCUT2D eigenvalue weighted by molar-refractivity contribution is 1.15. The van der Waals surface area contributed by atoms with Crippen molar-refractivity contribution < 1.29 is 0 Å². The summed E-state index contributed by atoms with van der Waals surface area (Å²) < 4.78 is 0. The maximum absolute atomic E-state index is 4.75. The van der Waals surface area contributed by atoms with E-state index in [2.05, 4.69) is 56.4 Å². The van der Waals surface area contributed by atoms with Crippen molar-refractivity contribution in [2.45, 2.75) is 27.2 Å². The predicted molar refractivity (Wildman–Crippen MR) is 91.1 cm³/mol. The topological polar surface area (TPSA) is 37.8 Å². The molecule has 1 aromatic carbocycles. The summed E-state index contributed by atoms with van der Waals surface area (Å²) >= 11 is 1.76. The van der Waals surface area contributed by atoms with Crippen LogP contribution in [0.2, 0.25) is 0 Å². The van der Waals surface area contributed by atoms with Gasteiger partial charge in [0.15, 0.2) is 5.82 Å². The zero-order valence-corrected chi connectivity index (χ0v) is 13.4. The van der Waals surface area contributed by atoms with Crippen LogP contribution in [0.1, 0.15) is 24.3 Å². The second kappa shape index (κ2) is 5.82. The summed E-state index contributed by atoms with van der Waals surface area (Å²) in [6.45, 7) is 7.21. The van der Waals surface area contributed by atoms with Crippen molar-refractivity contribution >= 4 is 27.4 Å². The van der Waals surface area contributed by atoms with E-state index in [4.69, 9.17) is 9.97 Å². The average molecular weight is 297 g/mol. The van der Waals surface area contributed by atoms with Gasteiger partial charge in [0, 0.05) is 17.0 Å². The molecular weight excluding hydrogens is 278 g/mol. The summed E-state index contributed by atoms with van der Waals surface area (Å²) in [5.41, 5.74) is 2.31. The molecule has 0 aliphatic rings. The lowest BCUT2D eigenvalue weighted by Crippen LogP contribution is -2.01. The van der Waals surface area contributed by atoms with Crippen LogP contribution in [0, 0.1) is 6.92 Å². The van der Waals surface area contributed by atoms with Crippen LogP contribution in [0.15, 0.2) is 30.3 Å². The molecule has 0 saturated heterocycles. The second-order valence-corrected chi connectivity index (χ2v) is 6.19. The summed E-state index contributed by atoms with van der Waals surface area (Å²) in [5, 5.41) is 4.50. The molecule has 0 radical (unpaired) electrons. The van der Waals surface area contributed by atoms with E-state index in [0.29, 0.717) is 0 Å². The molecule has 0 saturated carbocycles. The van der Waals surface area contributed by atoms with E-state index < -0.39 is 0 Å². The number of fused-ring (bicyclic) bond motifs is 1. The molecule has 0 spiro atoms. The molecule has 0 aliphatic carbocycles. The Labute approximate surface area is 129 Å². The van der Waals surface area contributed by atoms with E-state index in [1.807, 2.05) is 0 Å². The van der Waals surface area contributed by atoms with Crippen LogP contribution in [-0.4, -0.2) is 16.5 Å². The fraction of sp³-hybridized carbons (Fsp3) is 0.294. The highest BCUT2D eigenvalue weighted by Gasteiger charge is 2.12. The number of nitrogens with one attached hydrogen (secondary N) is 1. The molecule has 1 N–H and O–H groups in total. The highest BCUT2D eigenvalue weighted by Crippen LogP contribution is 2.31. The van der Waals surface area contributed by atoms with E-state index >= 15 is 0 Å². The zero-order valence-electron chi connectivity index (χ0n) is 12.6. The van der Waals surface area contributed by atoms with Crippen molar-refractivity contribution in [3.63, 3.8) is 0 Å². The molecule has 0 bridgehead atoms. The first-order chi connectivity index (χ1) is 10.2. The van der Waals surface area contributed by atoms with Gasteiger partial charge < -0.3 is 5.32 Å². The highest BCUT2D eigenvalue weighted by atomic mass is 32.1. The van der Waals surface area contributed by atoms with Gasteiger partial charge in [-0.3, -0.25) is 0 Å². The standard InChI is InChI=1S/C17H19N3S/c1-4-13-10-14-16(18-5-2)19-15(20-17(14)21-13)12-8-6-11(3)7-9-12/h6-10H,4-5H2,1-3H3,(H,18,19,20). The molecule has 4 heteroatoms. The fourth-order valence-corrected chi connectivity index (χ4v) is 3.25. The zero-order chi connectivity index (χ0) is 14.8. The number of anilines is 1. The van der Waals surface area contributed by atoms with Crippen molar-refractivity contribution in [1.82, 2.24) is 9.97 Å². The van der Waals surface area contributed by atoms with Gasteiger partial charge in [0.25, 0.3) is 0 Å². The van der Waals surface area contributed by atoms with Gasteiger partial charge in [0.2, 0.25) is 0 Å². The molecule has 3 rings (SSSR count). The molecule has 0 aliphatic heterocycles. The minimum Gasteiger partial charge on any atom is -0.370 e. The molecule has 3 aromatic rings. The van der Waals surface area contributed by atoms with Gasteiger partial charge in [-0.15, -0.1) is 11.3 Å². The average Bonchev–Trinajstić information content (AvgIpc) is 2.91. The third-order valence-electron chi connectivity index (χ3n) is 3.45. The number of aromatic nitrogens is 2. The summed E-state index contributed by atoms with van der Waals surface area (Å²) in [6.07, 6.45) is 1.03. The molecule has 3 nitrogen and oxygen atoms in total. The first-order valence-corrected chi connectivity index (χ1v) is 8.14.